The molecule has 0 saturated heterocycles. The summed E-state index contributed by atoms with van der Waals surface area (Å²) in [6.07, 6.45) is 4.35. The van der Waals surface area contributed by atoms with Crippen molar-refractivity contribution in [1.29, 1.82) is 0 Å². The Balaban J connectivity index is 1.92. The smallest absolute Gasteiger partial charge is 0.345 e. The summed E-state index contributed by atoms with van der Waals surface area (Å²) in [4.78, 5) is 39.7. The Kier molecular flexibility index (Phi) is 6.93. The van der Waals surface area contributed by atoms with Crippen molar-refractivity contribution in [3.05, 3.63) is 29.4 Å². The van der Waals surface area contributed by atoms with E-state index in [0.717, 1.165) is 53.4 Å². The summed E-state index contributed by atoms with van der Waals surface area (Å²) in [5, 5.41) is 0. The minimum Gasteiger partial charge on any atom is -0.466 e. The third-order valence-corrected chi connectivity index (χ3v) is 9.71. The van der Waals surface area contributed by atoms with Gasteiger partial charge in [0.25, 0.3) is 0 Å². The lowest BCUT2D eigenvalue weighted by Crippen LogP contribution is -2.14. The van der Waals surface area contributed by atoms with Crippen LogP contribution in [0.15, 0.2) is 29.4 Å². The van der Waals surface area contributed by atoms with E-state index in [1.54, 1.807) is 23.5 Å². The number of hydrogen-bond acceptors (Lipinski definition) is 10. The summed E-state index contributed by atoms with van der Waals surface area (Å²) < 4.78 is 15.0. The average Bonchev–Trinajstić information content (AvgIpc) is 3.31. The number of allylic oxidation sites excluding steroid dienone is 2. The number of methoxy groups -OCH3 is 3. The molecule has 0 unspecified atom stereocenters. The summed E-state index contributed by atoms with van der Waals surface area (Å²) in [5.74, 6) is -1.69. The van der Waals surface area contributed by atoms with Crippen molar-refractivity contribution in [2.45, 2.75) is 30.3 Å². The standard InChI is InChI=1S/C17H18O6S4/c1-21-13(18)10(16-24-8-6-4-5-7-9(8)25-16)17-26-11(14(19)22-2)12(27-17)15(20)23-3/h17H,4-7H2,1-3H3. The number of rotatable bonds is 4. The molecule has 0 spiro atoms. The third-order valence-electron chi connectivity index (χ3n) is 4.06. The van der Waals surface area contributed by atoms with Crippen LogP contribution in [0.25, 0.3) is 0 Å². The maximum atomic E-state index is 12.6. The Bertz CT molecular complexity index is 734. The second kappa shape index (κ2) is 9.02. The molecule has 2 aliphatic heterocycles. The van der Waals surface area contributed by atoms with Crippen molar-refractivity contribution in [2.24, 2.45) is 0 Å². The van der Waals surface area contributed by atoms with Gasteiger partial charge >= 0.3 is 17.9 Å². The molecule has 27 heavy (non-hydrogen) atoms. The molecule has 6 nitrogen and oxygen atoms in total. The molecular formula is C17H18O6S4. The second-order valence-corrected chi connectivity index (χ2v) is 10.7. The topological polar surface area (TPSA) is 78.9 Å². The number of carbonyl (C=O) groups is 3. The van der Waals surface area contributed by atoms with Gasteiger partial charge in [0.2, 0.25) is 0 Å². The Morgan fingerprint density at radius 2 is 1.30 bits per heavy atom. The zero-order chi connectivity index (χ0) is 19.6. The van der Waals surface area contributed by atoms with Crippen LogP contribution in [0, 0.1) is 0 Å². The highest BCUT2D eigenvalue weighted by Gasteiger charge is 2.42. The van der Waals surface area contributed by atoms with Gasteiger partial charge in [-0.15, -0.1) is 0 Å². The minimum absolute atomic E-state index is 0.159. The SMILES string of the molecule is COC(=O)C1=C(C(=O)OC)SC(C(C(=O)OC)=C2SC3=C(CCCC3)S2)S1. The number of ether oxygens (including phenoxy) is 3. The van der Waals surface area contributed by atoms with Gasteiger partial charge in [-0.25, -0.2) is 14.4 Å². The highest BCUT2D eigenvalue weighted by atomic mass is 32.2. The number of thioether (sulfide) groups is 4. The highest BCUT2D eigenvalue weighted by molar-refractivity contribution is 8.29. The van der Waals surface area contributed by atoms with Gasteiger partial charge in [0.05, 0.1) is 35.7 Å². The molecule has 0 radical (unpaired) electrons. The molecule has 0 aromatic rings. The van der Waals surface area contributed by atoms with Crippen molar-refractivity contribution >= 4 is 65.0 Å². The summed E-state index contributed by atoms with van der Waals surface area (Å²) in [6, 6.07) is 0. The van der Waals surface area contributed by atoms with Crippen molar-refractivity contribution in [2.75, 3.05) is 21.3 Å². The van der Waals surface area contributed by atoms with Crippen LogP contribution in [-0.2, 0) is 28.6 Å². The molecule has 0 N–H and O–H groups in total. The van der Waals surface area contributed by atoms with Crippen molar-refractivity contribution in [3.8, 4) is 0 Å². The molecule has 0 atom stereocenters. The fourth-order valence-corrected chi connectivity index (χ4v) is 8.94. The zero-order valence-corrected chi connectivity index (χ0v) is 18.3. The first-order valence-electron chi connectivity index (χ1n) is 8.14. The van der Waals surface area contributed by atoms with E-state index in [0.29, 0.717) is 5.57 Å². The van der Waals surface area contributed by atoms with Crippen LogP contribution in [0.5, 0.6) is 0 Å². The van der Waals surface area contributed by atoms with Crippen LogP contribution >= 0.6 is 47.0 Å². The molecule has 0 amide bonds. The lowest BCUT2D eigenvalue weighted by atomic mass is 10.1. The van der Waals surface area contributed by atoms with E-state index in [4.69, 9.17) is 14.2 Å². The quantitative estimate of drug-likeness (QED) is 0.359. The maximum absolute atomic E-state index is 12.6. The molecular weight excluding hydrogens is 428 g/mol. The van der Waals surface area contributed by atoms with Crippen molar-refractivity contribution in [1.82, 2.24) is 0 Å². The molecule has 146 valence electrons. The lowest BCUT2D eigenvalue weighted by molar-refractivity contribution is -0.138. The first kappa shape index (κ1) is 20.8. The Hall–Kier alpha value is -0.970. The van der Waals surface area contributed by atoms with E-state index in [-0.39, 0.29) is 9.81 Å². The minimum atomic E-state index is -0.617. The predicted octanol–water partition coefficient (Wildman–Crippen LogP) is 4.00. The Morgan fingerprint density at radius 3 is 1.70 bits per heavy atom. The molecule has 0 aromatic heterocycles. The molecule has 0 aromatic carbocycles. The van der Waals surface area contributed by atoms with Crippen LogP contribution in [0.4, 0.5) is 0 Å². The molecule has 10 heteroatoms. The van der Waals surface area contributed by atoms with Crippen LogP contribution in [0.3, 0.4) is 0 Å². The Labute approximate surface area is 174 Å². The number of esters is 3. The summed E-state index contributed by atoms with van der Waals surface area (Å²) in [7, 11) is 3.84. The predicted molar refractivity (Wildman–Crippen MR) is 110 cm³/mol. The second-order valence-electron chi connectivity index (χ2n) is 5.66. The van der Waals surface area contributed by atoms with Gasteiger partial charge in [0, 0.05) is 9.81 Å². The molecule has 0 saturated carbocycles. The van der Waals surface area contributed by atoms with Crippen LogP contribution in [0.2, 0.25) is 0 Å². The average molecular weight is 447 g/mol. The number of hydrogen-bond donors (Lipinski definition) is 0. The molecule has 0 bridgehead atoms. The molecule has 1 aliphatic carbocycles. The van der Waals surface area contributed by atoms with Gasteiger partial charge in [-0.05, 0) is 25.7 Å². The van der Waals surface area contributed by atoms with E-state index in [1.165, 1.54) is 31.1 Å². The summed E-state index contributed by atoms with van der Waals surface area (Å²) >= 11 is 5.48. The number of carbonyl (C=O) groups excluding carboxylic acids is 3. The molecule has 2 heterocycles. The zero-order valence-electron chi connectivity index (χ0n) is 15.0. The van der Waals surface area contributed by atoms with E-state index in [1.807, 2.05) is 0 Å². The van der Waals surface area contributed by atoms with Gasteiger partial charge in [-0.2, -0.15) is 0 Å². The van der Waals surface area contributed by atoms with E-state index >= 15 is 0 Å². The van der Waals surface area contributed by atoms with Crippen LogP contribution < -0.4 is 0 Å². The summed E-state index contributed by atoms with van der Waals surface area (Å²) in [6.45, 7) is 0. The van der Waals surface area contributed by atoms with E-state index in [2.05, 4.69) is 0 Å². The van der Waals surface area contributed by atoms with Gasteiger partial charge in [-0.1, -0.05) is 47.0 Å². The Morgan fingerprint density at radius 1 is 0.815 bits per heavy atom. The molecule has 3 aliphatic rings. The monoisotopic (exact) mass is 446 g/mol. The first-order chi connectivity index (χ1) is 13.0. The van der Waals surface area contributed by atoms with E-state index in [9.17, 15) is 14.4 Å². The van der Waals surface area contributed by atoms with Crippen molar-refractivity contribution < 1.29 is 28.6 Å². The fourth-order valence-electron chi connectivity index (χ4n) is 2.74. The highest BCUT2D eigenvalue weighted by Crippen LogP contribution is 2.59. The van der Waals surface area contributed by atoms with Crippen LogP contribution in [-0.4, -0.2) is 43.8 Å². The largest absolute Gasteiger partial charge is 0.466 e. The van der Waals surface area contributed by atoms with Crippen LogP contribution in [0.1, 0.15) is 25.7 Å². The summed E-state index contributed by atoms with van der Waals surface area (Å²) in [5.41, 5.74) is 0.470. The van der Waals surface area contributed by atoms with Gasteiger partial charge in [0.15, 0.2) is 0 Å². The van der Waals surface area contributed by atoms with Gasteiger partial charge < -0.3 is 14.2 Å². The fraction of sp³-hybridized carbons (Fsp3) is 0.471. The lowest BCUT2D eigenvalue weighted by Gasteiger charge is -2.14. The van der Waals surface area contributed by atoms with Gasteiger partial charge in [0.1, 0.15) is 9.81 Å². The van der Waals surface area contributed by atoms with E-state index < -0.39 is 22.5 Å². The third kappa shape index (κ3) is 4.23. The molecule has 3 rings (SSSR count). The normalized spacial score (nSPS) is 19.9. The molecule has 0 fully saturated rings. The van der Waals surface area contributed by atoms with Crippen molar-refractivity contribution in [3.63, 3.8) is 0 Å². The maximum Gasteiger partial charge on any atom is 0.345 e. The van der Waals surface area contributed by atoms with Gasteiger partial charge in [-0.3, -0.25) is 0 Å². The first-order valence-corrected chi connectivity index (χ1v) is 11.5.